The van der Waals surface area contributed by atoms with E-state index in [1.54, 1.807) is 13.2 Å². The number of Topliss-reactive ketones (excluding diaryl/α,β-unsaturated/α-hetero) is 1. The van der Waals surface area contributed by atoms with Gasteiger partial charge in [0.05, 0.1) is 11.8 Å². The first-order chi connectivity index (χ1) is 7.20. The summed E-state index contributed by atoms with van der Waals surface area (Å²) in [7, 11) is 0. The highest BCUT2D eigenvalue weighted by atomic mass is 16.3. The molecule has 2 aromatic rings. The molecule has 0 spiro atoms. The molecule has 0 aliphatic heterocycles. The van der Waals surface area contributed by atoms with Gasteiger partial charge in [0, 0.05) is 5.56 Å². The number of carbonyl (C=O) groups is 1. The summed E-state index contributed by atoms with van der Waals surface area (Å²) < 4.78 is 5.42. The van der Waals surface area contributed by atoms with Gasteiger partial charge in [-0.05, 0) is 19.4 Å². The fourth-order valence-corrected chi connectivity index (χ4v) is 1.68. The lowest BCUT2D eigenvalue weighted by atomic mass is 10.0. The van der Waals surface area contributed by atoms with Crippen molar-refractivity contribution in [1.29, 1.82) is 0 Å². The Hall–Kier alpha value is -1.83. The molecule has 0 amide bonds. The summed E-state index contributed by atoms with van der Waals surface area (Å²) in [4.78, 5) is 11.5. The predicted molar refractivity (Wildman–Crippen MR) is 58.9 cm³/mol. The van der Waals surface area contributed by atoms with E-state index in [4.69, 9.17) is 4.42 Å². The Morgan fingerprint density at radius 1 is 1.20 bits per heavy atom. The van der Waals surface area contributed by atoms with Gasteiger partial charge in [-0.3, -0.25) is 4.79 Å². The van der Waals surface area contributed by atoms with Crippen LogP contribution in [0, 0.1) is 6.92 Å². The predicted octanol–water partition coefficient (Wildman–Crippen LogP) is 3.46. The molecule has 2 rings (SSSR count). The summed E-state index contributed by atoms with van der Waals surface area (Å²) in [6.07, 6.45) is 1.62. The van der Waals surface area contributed by atoms with Crippen molar-refractivity contribution in [2.24, 2.45) is 0 Å². The second kappa shape index (κ2) is 3.73. The highest BCUT2D eigenvalue weighted by Gasteiger charge is 2.15. The van der Waals surface area contributed by atoms with E-state index in [1.807, 2.05) is 37.3 Å². The van der Waals surface area contributed by atoms with Crippen molar-refractivity contribution in [2.75, 3.05) is 0 Å². The first-order valence-electron chi connectivity index (χ1n) is 4.84. The largest absolute Gasteiger partial charge is 0.463 e. The van der Waals surface area contributed by atoms with Gasteiger partial charge in [-0.15, -0.1) is 0 Å². The fraction of sp³-hybridized carbons (Fsp3) is 0.154. The second-order valence-corrected chi connectivity index (χ2v) is 3.55. The third-order valence-electron chi connectivity index (χ3n) is 2.36. The highest BCUT2D eigenvalue weighted by Crippen LogP contribution is 2.27. The first-order valence-corrected chi connectivity index (χ1v) is 4.84. The Balaban J connectivity index is 2.59. The van der Waals surface area contributed by atoms with E-state index < -0.39 is 0 Å². The second-order valence-electron chi connectivity index (χ2n) is 3.55. The lowest BCUT2D eigenvalue weighted by Crippen LogP contribution is -1.94. The summed E-state index contributed by atoms with van der Waals surface area (Å²) in [5.74, 6) is 0.709. The third-order valence-corrected chi connectivity index (χ3v) is 2.36. The van der Waals surface area contributed by atoms with E-state index >= 15 is 0 Å². The zero-order valence-corrected chi connectivity index (χ0v) is 8.78. The van der Waals surface area contributed by atoms with Gasteiger partial charge >= 0.3 is 0 Å². The maximum atomic E-state index is 11.5. The van der Waals surface area contributed by atoms with E-state index in [9.17, 15) is 4.79 Å². The molecular weight excluding hydrogens is 188 g/mol. The van der Waals surface area contributed by atoms with Gasteiger partial charge in [-0.25, -0.2) is 0 Å². The van der Waals surface area contributed by atoms with Crippen molar-refractivity contribution in [3.63, 3.8) is 0 Å². The highest BCUT2D eigenvalue weighted by molar-refractivity contribution is 6.00. The fourth-order valence-electron chi connectivity index (χ4n) is 1.68. The molecule has 1 aromatic carbocycles. The number of hydrogen-bond donors (Lipinski definition) is 0. The summed E-state index contributed by atoms with van der Waals surface area (Å²) in [6.45, 7) is 3.44. The van der Waals surface area contributed by atoms with Crippen LogP contribution in [0.5, 0.6) is 0 Å². The molecule has 0 bridgehead atoms. The first kappa shape index (κ1) is 9.71. The number of aryl methyl sites for hydroxylation is 1. The zero-order valence-electron chi connectivity index (χ0n) is 8.78. The molecule has 0 fully saturated rings. The molecule has 0 radical (unpaired) electrons. The monoisotopic (exact) mass is 200 g/mol. The average molecular weight is 200 g/mol. The van der Waals surface area contributed by atoms with Crippen LogP contribution < -0.4 is 0 Å². The van der Waals surface area contributed by atoms with Crippen molar-refractivity contribution >= 4 is 5.78 Å². The molecule has 0 saturated heterocycles. The Morgan fingerprint density at radius 3 is 2.47 bits per heavy atom. The van der Waals surface area contributed by atoms with Gasteiger partial charge in [0.15, 0.2) is 5.78 Å². The van der Waals surface area contributed by atoms with Gasteiger partial charge in [-0.2, -0.15) is 0 Å². The molecule has 2 nitrogen and oxygen atoms in total. The maximum absolute atomic E-state index is 11.5. The van der Waals surface area contributed by atoms with Crippen molar-refractivity contribution in [3.8, 4) is 11.3 Å². The van der Waals surface area contributed by atoms with E-state index in [-0.39, 0.29) is 5.78 Å². The average Bonchev–Trinajstić information content (AvgIpc) is 2.61. The number of furan rings is 1. The standard InChI is InChI=1S/C13H12O2/c1-9-8-15-13(12(9)10(2)14)11-6-4-3-5-7-11/h3-8H,1-2H3. The van der Waals surface area contributed by atoms with Gasteiger partial charge in [0.2, 0.25) is 0 Å². The van der Waals surface area contributed by atoms with E-state index in [0.29, 0.717) is 11.3 Å². The molecule has 1 aromatic heterocycles. The molecule has 0 unspecified atom stereocenters. The van der Waals surface area contributed by atoms with Crippen molar-refractivity contribution in [2.45, 2.75) is 13.8 Å². The van der Waals surface area contributed by atoms with Crippen molar-refractivity contribution < 1.29 is 9.21 Å². The number of rotatable bonds is 2. The van der Waals surface area contributed by atoms with Crippen LogP contribution >= 0.6 is 0 Å². The van der Waals surface area contributed by atoms with Crippen LogP contribution in [0.2, 0.25) is 0 Å². The van der Waals surface area contributed by atoms with Gasteiger partial charge in [0.25, 0.3) is 0 Å². The van der Waals surface area contributed by atoms with Crippen LogP contribution in [-0.4, -0.2) is 5.78 Å². The number of carbonyl (C=O) groups excluding carboxylic acids is 1. The SMILES string of the molecule is CC(=O)c1c(C)coc1-c1ccccc1. The maximum Gasteiger partial charge on any atom is 0.163 e. The number of ketones is 1. The molecular formula is C13H12O2. The molecule has 76 valence electrons. The molecule has 1 heterocycles. The quantitative estimate of drug-likeness (QED) is 0.695. The van der Waals surface area contributed by atoms with Gasteiger partial charge in [-0.1, -0.05) is 30.3 Å². The van der Waals surface area contributed by atoms with E-state index in [2.05, 4.69) is 0 Å². The van der Waals surface area contributed by atoms with E-state index in [1.165, 1.54) is 0 Å². The molecule has 0 aliphatic carbocycles. The Labute approximate surface area is 88.5 Å². The topological polar surface area (TPSA) is 30.2 Å². The zero-order chi connectivity index (χ0) is 10.8. The molecule has 0 aliphatic rings. The minimum Gasteiger partial charge on any atom is -0.463 e. The van der Waals surface area contributed by atoms with Crippen LogP contribution in [0.4, 0.5) is 0 Å². The van der Waals surface area contributed by atoms with Gasteiger partial charge in [0.1, 0.15) is 5.76 Å². The summed E-state index contributed by atoms with van der Waals surface area (Å²) in [5, 5.41) is 0. The van der Waals surface area contributed by atoms with Crippen LogP contribution in [0.25, 0.3) is 11.3 Å². The van der Waals surface area contributed by atoms with Crippen LogP contribution in [0.1, 0.15) is 22.8 Å². The molecule has 0 N–H and O–H groups in total. The van der Waals surface area contributed by atoms with Gasteiger partial charge < -0.3 is 4.42 Å². The summed E-state index contributed by atoms with van der Waals surface area (Å²) in [5.41, 5.74) is 2.51. The van der Waals surface area contributed by atoms with Crippen molar-refractivity contribution in [3.05, 3.63) is 47.7 Å². The smallest absolute Gasteiger partial charge is 0.163 e. The summed E-state index contributed by atoms with van der Waals surface area (Å²) in [6, 6.07) is 9.66. The minimum atomic E-state index is 0.0418. The summed E-state index contributed by atoms with van der Waals surface area (Å²) >= 11 is 0. The minimum absolute atomic E-state index is 0.0418. The Morgan fingerprint density at radius 2 is 1.87 bits per heavy atom. The lowest BCUT2D eigenvalue weighted by molar-refractivity contribution is 0.101. The normalized spacial score (nSPS) is 10.3. The van der Waals surface area contributed by atoms with Crippen LogP contribution in [0.15, 0.2) is 41.0 Å². The van der Waals surface area contributed by atoms with Crippen LogP contribution in [-0.2, 0) is 0 Å². The van der Waals surface area contributed by atoms with Crippen molar-refractivity contribution in [1.82, 2.24) is 0 Å². The third kappa shape index (κ3) is 1.71. The number of hydrogen-bond acceptors (Lipinski definition) is 2. The lowest BCUT2D eigenvalue weighted by Gasteiger charge is -1.99. The Kier molecular flexibility index (Phi) is 2.42. The Bertz CT molecular complexity index is 480. The molecule has 0 atom stereocenters. The molecule has 2 heteroatoms. The van der Waals surface area contributed by atoms with E-state index in [0.717, 1.165) is 11.1 Å². The molecule has 0 saturated carbocycles. The van der Waals surface area contributed by atoms with Crippen LogP contribution in [0.3, 0.4) is 0 Å². The number of benzene rings is 1. The molecule has 15 heavy (non-hydrogen) atoms.